The number of nitrogens with one attached hydrogen (secondary N) is 3. The highest BCUT2D eigenvalue weighted by atomic mass is 16.5. The van der Waals surface area contributed by atoms with Crippen LogP contribution in [0.2, 0.25) is 0 Å². The summed E-state index contributed by atoms with van der Waals surface area (Å²) in [5.74, 6) is 1.08. The van der Waals surface area contributed by atoms with E-state index in [1.165, 1.54) is 6.20 Å². The number of aromatic amines is 2. The third-order valence-corrected chi connectivity index (χ3v) is 4.38. The number of carbonyl (C=O) groups excluding carboxylic acids is 1. The van der Waals surface area contributed by atoms with Crippen LogP contribution in [0.25, 0.3) is 11.0 Å². The summed E-state index contributed by atoms with van der Waals surface area (Å²) in [6.45, 7) is 1.88. The molecule has 0 radical (unpaired) electrons. The van der Waals surface area contributed by atoms with E-state index in [-0.39, 0.29) is 12.2 Å². The van der Waals surface area contributed by atoms with Gasteiger partial charge in [-0.3, -0.25) is 9.59 Å². The predicted molar refractivity (Wildman–Crippen MR) is 108 cm³/mol. The highest BCUT2D eigenvalue weighted by molar-refractivity contribution is 5.93. The molecule has 146 valence electrons. The van der Waals surface area contributed by atoms with Gasteiger partial charge in [0.25, 0.3) is 11.5 Å². The van der Waals surface area contributed by atoms with Crippen LogP contribution < -0.4 is 15.6 Å². The van der Waals surface area contributed by atoms with Gasteiger partial charge in [0.1, 0.15) is 29.6 Å². The number of rotatable bonds is 6. The molecule has 4 aromatic rings. The first-order valence-electron chi connectivity index (χ1n) is 9.12. The van der Waals surface area contributed by atoms with E-state index in [0.29, 0.717) is 17.4 Å². The highest BCUT2D eigenvalue weighted by Gasteiger charge is 2.17. The number of hydrogen-bond acceptors (Lipinski definition) is 5. The normalized spacial score (nSPS) is 11.9. The van der Waals surface area contributed by atoms with E-state index in [1.54, 1.807) is 19.1 Å². The van der Waals surface area contributed by atoms with Crippen molar-refractivity contribution < 1.29 is 9.53 Å². The molecule has 0 aliphatic rings. The maximum atomic E-state index is 12.5. The molecule has 2 heterocycles. The molecule has 8 nitrogen and oxygen atoms in total. The molecule has 0 aliphatic carbocycles. The van der Waals surface area contributed by atoms with Gasteiger partial charge in [0.05, 0.1) is 17.1 Å². The Hall–Kier alpha value is -3.94. The van der Waals surface area contributed by atoms with Gasteiger partial charge in [0.2, 0.25) is 0 Å². The first kappa shape index (κ1) is 18.4. The van der Waals surface area contributed by atoms with E-state index >= 15 is 0 Å². The quantitative estimate of drug-likeness (QED) is 0.469. The third-order valence-electron chi connectivity index (χ3n) is 4.38. The molecule has 0 saturated carbocycles. The van der Waals surface area contributed by atoms with Crippen LogP contribution in [0, 0.1) is 0 Å². The number of amides is 1. The fourth-order valence-corrected chi connectivity index (χ4v) is 2.86. The van der Waals surface area contributed by atoms with Gasteiger partial charge in [0.15, 0.2) is 0 Å². The summed E-state index contributed by atoms with van der Waals surface area (Å²) in [6.07, 6.45) is 1.25. The van der Waals surface area contributed by atoms with E-state index in [0.717, 1.165) is 11.0 Å². The molecular weight excluding hydrogens is 370 g/mol. The Labute approximate surface area is 166 Å². The first-order chi connectivity index (χ1) is 14.1. The topological polar surface area (TPSA) is 113 Å². The van der Waals surface area contributed by atoms with Crippen LogP contribution in [0.3, 0.4) is 0 Å². The van der Waals surface area contributed by atoms with Crippen LogP contribution in [0.1, 0.15) is 35.0 Å². The van der Waals surface area contributed by atoms with E-state index in [4.69, 9.17) is 4.74 Å². The molecule has 0 fully saturated rings. The molecule has 2 aromatic heterocycles. The molecule has 1 unspecified atom stereocenters. The summed E-state index contributed by atoms with van der Waals surface area (Å²) in [4.78, 5) is 39.2. The number of H-pyrrole nitrogens is 2. The summed E-state index contributed by atoms with van der Waals surface area (Å²) >= 11 is 0. The fourth-order valence-electron chi connectivity index (χ4n) is 2.86. The van der Waals surface area contributed by atoms with Gasteiger partial charge in [-0.2, -0.15) is 0 Å². The lowest BCUT2D eigenvalue weighted by atomic mass is 10.2. The number of para-hydroxylation sites is 3. The van der Waals surface area contributed by atoms with Crippen molar-refractivity contribution in [2.24, 2.45) is 0 Å². The van der Waals surface area contributed by atoms with Gasteiger partial charge in [0, 0.05) is 6.20 Å². The van der Waals surface area contributed by atoms with Gasteiger partial charge >= 0.3 is 0 Å². The zero-order valence-corrected chi connectivity index (χ0v) is 15.7. The van der Waals surface area contributed by atoms with Gasteiger partial charge in [-0.1, -0.05) is 30.3 Å². The molecule has 8 heteroatoms. The largest absolute Gasteiger partial charge is 0.486 e. The van der Waals surface area contributed by atoms with E-state index in [9.17, 15) is 9.59 Å². The van der Waals surface area contributed by atoms with Crippen molar-refractivity contribution in [2.75, 3.05) is 0 Å². The van der Waals surface area contributed by atoms with Crippen LogP contribution in [-0.2, 0) is 6.61 Å². The van der Waals surface area contributed by atoms with Gasteiger partial charge in [-0.05, 0) is 31.2 Å². The highest BCUT2D eigenvalue weighted by Crippen LogP contribution is 2.15. The van der Waals surface area contributed by atoms with Gasteiger partial charge < -0.3 is 20.0 Å². The van der Waals surface area contributed by atoms with Crippen molar-refractivity contribution in [1.82, 2.24) is 25.3 Å². The van der Waals surface area contributed by atoms with Crippen LogP contribution >= 0.6 is 0 Å². The molecule has 4 rings (SSSR count). The summed E-state index contributed by atoms with van der Waals surface area (Å²) in [7, 11) is 0. The molecule has 1 amide bonds. The Kier molecular flexibility index (Phi) is 5.07. The van der Waals surface area contributed by atoms with Crippen molar-refractivity contribution in [3.05, 3.63) is 88.4 Å². The Balaban J connectivity index is 1.43. The van der Waals surface area contributed by atoms with E-state index < -0.39 is 17.5 Å². The predicted octanol–water partition coefficient (Wildman–Crippen LogP) is 2.72. The molecule has 0 saturated heterocycles. The minimum absolute atomic E-state index is 0.0728. The summed E-state index contributed by atoms with van der Waals surface area (Å²) < 4.78 is 5.55. The van der Waals surface area contributed by atoms with Crippen molar-refractivity contribution in [3.63, 3.8) is 0 Å². The minimum Gasteiger partial charge on any atom is -0.486 e. The number of nitrogens with zero attached hydrogens (tertiary/aromatic N) is 2. The number of hydrogen-bond donors (Lipinski definition) is 3. The Morgan fingerprint density at radius 1 is 1.10 bits per heavy atom. The Morgan fingerprint density at radius 3 is 2.62 bits per heavy atom. The lowest BCUT2D eigenvalue weighted by Gasteiger charge is -2.11. The molecular formula is C21H19N5O3. The lowest BCUT2D eigenvalue weighted by Crippen LogP contribution is -2.32. The number of carbonyl (C=O) groups is 1. The second kappa shape index (κ2) is 7.97. The zero-order valence-electron chi connectivity index (χ0n) is 15.7. The monoisotopic (exact) mass is 389 g/mol. The number of imidazole rings is 1. The number of benzene rings is 2. The second-order valence-corrected chi connectivity index (χ2v) is 6.51. The Bertz CT molecular complexity index is 1170. The minimum atomic E-state index is -0.527. The molecule has 0 spiro atoms. The first-order valence-corrected chi connectivity index (χ1v) is 9.12. The maximum Gasteiger partial charge on any atom is 0.263 e. The maximum absolute atomic E-state index is 12.5. The fraction of sp³-hybridized carbons (Fsp3) is 0.143. The van der Waals surface area contributed by atoms with E-state index in [1.807, 2.05) is 42.5 Å². The smallest absolute Gasteiger partial charge is 0.263 e. The van der Waals surface area contributed by atoms with Crippen LogP contribution in [0.5, 0.6) is 5.75 Å². The molecule has 29 heavy (non-hydrogen) atoms. The summed E-state index contributed by atoms with van der Waals surface area (Å²) in [5.41, 5.74) is 1.09. The number of ether oxygens (including phenoxy) is 1. The summed E-state index contributed by atoms with van der Waals surface area (Å²) in [6, 6.07) is 16.4. The van der Waals surface area contributed by atoms with Crippen molar-refractivity contribution >= 4 is 16.9 Å². The van der Waals surface area contributed by atoms with Crippen LogP contribution in [0.4, 0.5) is 0 Å². The van der Waals surface area contributed by atoms with E-state index in [2.05, 4.69) is 25.3 Å². The van der Waals surface area contributed by atoms with Crippen molar-refractivity contribution in [1.29, 1.82) is 0 Å². The molecule has 0 aliphatic heterocycles. The average molecular weight is 389 g/mol. The molecule has 2 aromatic carbocycles. The summed E-state index contributed by atoms with van der Waals surface area (Å²) in [5, 5.41) is 2.77. The SMILES string of the molecule is CC(NC(=O)c1cnc(COc2ccccc2)[nH]c1=O)c1nc2ccccc2[nH]1. The van der Waals surface area contributed by atoms with Gasteiger partial charge in [-0.15, -0.1) is 0 Å². The Morgan fingerprint density at radius 2 is 1.86 bits per heavy atom. The lowest BCUT2D eigenvalue weighted by molar-refractivity contribution is 0.0936. The number of fused-ring (bicyclic) bond motifs is 1. The van der Waals surface area contributed by atoms with Gasteiger partial charge in [-0.25, -0.2) is 9.97 Å². The number of aromatic nitrogens is 4. The van der Waals surface area contributed by atoms with Crippen LogP contribution in [-0.4, -0.2) is 25.8 Å². The third kappa shape index (κ3) is 4.16. The van der Waals surface area contributed by atoms with Crippen LogP contribution in [0.15, 0.2) is 65.6 Å². The zero-order chi connectivity index (χ0) is 20.2. The van der Waals surface area contributed by atoms with Crippen molar-refractivity contribution in [2.45, 2.75) is 19.6 Å². The molecule has 3 N–H and O–H groups in total. The molecule has 0 bridgehead atoms. The standard InChI is InChI=1S/C21H19N5O3/c1-13(19-24-16-9-5-6-10-17(16)25-19)23-20(27)15-11-22-18(26-21(15)28)12-29-14-7-3-2-4-8-14/h2-11,13H,12H2,1H3,(H,23,27)(H,24,25)(H,22,26,28). The van der Waals surface area contributed by atoms with Crippen molar-refractivity contribution in [3.8, 4) is 5.75 Å². The second-order valence-electron chi connectivity index (χ2n) is 6.51. The average Bonchev–Trinajstić information content (AvgIpc) is 3.17. The molecule has 1 atom stereocenters.